The van der Waals surface area contributed by atoms with Crippen molar-refractivity contribution < 1.29 is 0 Å². The molecule has 4 heteroatoms. The molecule has 1 N–H and O–H groups in total. The van der Waals surface area contributed by atoms with Gasteiger partial charge in [0.1, 0.15) is 5.82 Å². The van der Waals surface area contributed by atoms with Gasteiger partial charge in [-0.25, -0.2) is 4.98 Å². The van der Waals surface area contributed by atoms with Gasteiger partial charge in [-0.1, -0.05) is 18.5 Å². The maximum absolute atomic E-state index is 6.15. The lowest BCUT2D eigenvalue weighted by molar-refractivity contribution is 0.724. The summed E-state index contributed by atoms with van der Waals surface area (Å²) in [6.07, 6.45) is 1.87. The van der Waals surface area contributed by atoms with Gasteiger partial charge >= 0.3 is 0 Å². The Morgan fingerprint density at radius 2 is 2.20 bits per heavy atom. The summed E-state index contributed by atoms with van der Waals surface area (Å²) in [4.78, 5) is 6.38. The first-order valence-corrected chi connectivity index (χ1v) is 5.63. The van der Waals surface area contributed by atoms with Crippen LogP contribution in [0.25, 0.3) is 0 Å². The molecule has 0 aliphatic heterocycles. The first-order valence-electron chi connectivity index (χ1n) is 5.25. The third-order valence-corrected chi connectivity index (χ3v) is 2.57. The highest BCUT2D eigenvalue weighted by atomic mass is 35.5. The molecule has 0 aromatic carbocycles. The number of nitrogens with zero attached hydrogens (tertiary/aromatic N) is 2. The van der Waals surface area contributed by atoms with Gasteiger partial charge < -0.3 is 10.2 Å². The number of hydrogen-bond acceptors (Lipinski definition) is 3. The van der Waals surface area contributed by atoms with Crippen LogP contribution >= 0.6 is 11.6 Å². The van der Waals surface area contributed by atoms with Gasteiger partial charge in [-0.2, -0.15) is 0 Å². The van der Waals surface area contributed by atoms with Gasteiger partial charge in [0.15, 0.2) is 0 Å². The van der Waals surface area contributed by atoms with Crippen LogP contribution in [0.2, 0.25) is 5.02 Å². The Hall–Kier alpha value is -0.800. The summed E-state index contributed by atoms with van der Waals surface area (Å²) in [7, 11) is 1.98. The Labute approximate surface area is 96.5 Å². The van der Waals surface area contributed by atoms with E-state index in [2.05, 4.69) is 24.1 Å². The Morgan fingerprint density at radius 1 is 1.47 bits per heavy atom. The van der Waals surface area contributed by atoms with E-state index in [1.807, 2.05) is 24.2 Å². The maximum atomic E-state index is 6.15. The molecule has 1 aromatic heterocycles. The largest absolute Gasteiger partial charge is 0.359 e. The molecule has 84 valence electrons. The molecule has 0 atom stereocenters. The Bertz CT molecular complexity index is 315. The Balaban J connectivity index is 2.78. The molecule has 1 rings (SSSR count). The molecule has 1 aromatic rings. The van der Waals surface area contributed by atoms with Gasteiger partial charge in [0.2, 0.25) is 0 Å². The first-order chi connectivity index (χ1) is 7.19. The van der Waals surface area contributed by atoms with Crippen molar-refractivity contribution in [2.75, 3.05) is 25.0 Å². The average Bonchev–Trinajstić information content (AvgIpc) is 2.25. The molecule has 0 saturated carbocycles. The van der Waals surface area contributed by atoms with Crippen molar-refractivity contribution in [1.29, 1.82) is 0 Å². The number of halogens is 1. The van der Waals surface area contributed by atoms with Crippen LogP contribution in [0.5, 0.6) is 0 Å². The van der Waals surface area contributed by atoms with Crippen LogP contribution in [0.15, 0.2) is 12.3 Å². The second-order valence-corrected chi connectivity index (χ2v) is 3.85. The predicted octanol–water partition coefficient (Wildman–Crippen LogP) is 2.30. The van der Waals surface area contributed by atoms with E-state index in [4.69, 9.17) is 11.6 Å². The maximum Gasteiger partial charge on any atom is 0.147 e. The molecule has 0 radical (unpaired) electrons. The van der Waals surface area contributed by atoms with E-state index in [0.29, 0.717) is 0 Å². The van der Waals surface area contributed by atoms with Crippen LogP contribution in [0, 0.1) is 0 Å². The second kappa shape index (κ2) is 5.93. The van der Waals surface area contributed by atoms with E-state index >= 15 is 0 Å². The topological polar surface area (TPSA) is 28.2 Å². The molecule has 0 saturated heterocycles. The van der Waals surface area contributed by atoms with E-state index in [1.54, 1.807) is 0 Å². The lowest BCUT2D eigenvalue weighted by atomic mass is 10.2. The Kier molecular flexibility index (Phi) is 4.85. The van der Waals surface area contributed by atoms with Gasteiger partial charge in [0.25, 0.3) is 0 Å². The molecular weight excluding hydrogens is 210 g/mol. The van der Waals surface area contributed by atoms with Crippen LogP contribution in [0.1, 0.15) is 19.4 Å². The molecule has 0 aliphatic rings. The second-order valence-electron chi connectivity index (χ2n) is 3.44. The van der Waals surface area contributed by atoms with Crippen molar-refractivity contribution in [2.24, 2.45) is 0 Å². The van der Waals surface area contributed by atoms with Crippen molar-refractivity contribution >= 4 is 17.4 Å². The minimum absolute atomic E-state index is 0.717. The number of rotatable bonds is 5. The van der Waals surface area contributed by atoms with E-state index in [1.165, 1.54) is 0 Å². The molecule has 0 spiro atoms. The summed E-state index contributed by atoms with van der Waals surface area (Å²) in [5.74, 6) is 0.847. The summed E-state index contributed by atoms with van der Waals surface area (Å²) in [6.45, 7) is 6.83. The van der Waals surface area contributed by atoms with Crippen LogP contribution < -0.4 is 10.2 Å². The highest BCUT2D eigenvalue weighted by Gasteiger charge is 2.06. The van der Waals surface area contributed by atoms with Gasteiger partial charge in [0, 0.05) is 26.3 Å². The smallest absolute Gasteiger partial charge is 0.147 e. The highest BCUT2D eigenvalue weighted by molar-refractivity contribution is 6.33. The fraction of sp³-hybridized carbons (Fsp3) is 0.545. The van der Waals surface area contributed by atoms with Crippen molar-refractivity contribution in [3.8, 4) is 0 Å². The van der Waals surface area contributed by atoms with E-state index in [9.17, 15) is 0 Å². The number of anilines is 1. The normalized spacial score (nSPS) is 10.4. The molecule has 3 nitrogen and oxygen atoms in total. The SMILES string of the molecule is CCNCc1cnc(N(C)CC)c(Cl)c1. The molecule has 0 unspecified atom stereocenters. The summed E-state index contributed by atoms with van der Waals surface area (Å²) >= 11 is 6.15. The van der Waals surface area contributed by atoms with Crippen molar-refractivity contribution in [1.82, 2.24) is 10.3 Å². The molecule has 0 fully saturated rings. The standard InChI is InChI=1S/C11H18ClN3/c1-4-13-7-9-6-10(12)11(14-8-9)15(3)5-2/h6,8,13H,4-5,7H2,1-3H3. The third-order valence-electron chi connectivity index (χ3n) is 2.29. The number of nitrogens with one attached hydrogen (secondary N) is 1. The first kappa shape index (κ1) is 12.3. The summed E-state index contributed by atoms with van der Waals surface area (Å²) < 4.78 is 0. The van der Waals surface area contributed by atoms with Crippen LogP contribution in [-0.4, -0.2) is 25.1 Å². The van der Waals surface area contributed by atoms with Crippen LogP contribution in [-0.2, 0) is 6.54 Å². The minimum Gasteiger partial charge on any atom is -0.359 e. The van der Waals surface area contributed by atoms with Gasteiger partial charge in [-0.05, 0) is 25.1 Å². The monoisotopic (exact) mass is 227 g/mol. The zero-order valence-corrected chi connectivity index (χ0v) is 10.3. The van der Waals surface area contributed by atoms with Crippen LogP contribution in [0.3, 0.4) is 0 Å². The fourth-order valence-corrected chi connectivity index (χ4v) is 1.60. The highest BCUT2D eigenvalue weighted by Crippen LogP contribution is 2.22. The van der Waals surface area contributed by atoms with Crippen molar-refractivity contribution in [2.45, 2.75) is 20.4 Å². The predicted molar refractivity (Wildman–Crippen MR) is 65.6 cm³/mol. The summed E-state index contributed by atoms with van der Waals surface area (Å²) in [6, 6.07) is 1.97. The third kappa shape index (κ3) is 3.36. The minimum atomic E-state index is 0.717. The molecule has 0 aliphatic carbocycles. The zero-order valence-electron chi connectivity index (χ0n) is 9.55. The molecule has 15 heavy (non-hydrogen) atoms. The fourth-order valence-electron chi connectivity index (χ4n) is 1.27. The molecule has 1 heterocycles. The van der Waals surface area contributed by atoms with Crippen LogP contribution in [0.4, 0.5) is 5.82 Å². The van der Waals surface area contributed by atoms with Gasteiger partial charge in [-0.3, -0.25) is 0 Å². The van der Waals surface area contributed by atoms with E-state index in [0.717, 1.165) is 36.0 Å². The lowest BCUT2D eigenvalue weighted by Crippen LogP contribution is -2.18. The van der Waals surface area contributed by atoms with E-state index < -0.39 is 0 Å². The lowest BCUT2D eigenvalue weighted by Gasteiger charge is -2.17. The number of hydrogen-bond donors (Lipinski definition) is 1. The zero-order chi connectivity index (χ0) is 11.3. The van der Waals surface area contributed by atoms with E-state index in [-0.39, 0.29) is 0 Å². The number of aromatic nitrogens is 1. The van der Waals surface area contributed by atoms with Gasteiger partial charge in [-0.15, -0.1) is 0 Å². The summed E-state index contributed by atoms with van der Waals surface area (Å²) in [5, 5.41) is 3.96. The molecule has 0 bridgehead atoms. The van der Waals surface area contributed by atoms with Gasteiger partial charge in [0.05, 0.1) is 5.02 Å². The average molecular weight is 228 g/mol. The van der Waals surface area contributed by atoms with Crippen molar-refractivity contribution in [3.63, 3.8) is 0 Å². The number of pyridine rings is 1. The molecular formula is C11H18ClN3. The molecule has 0 amide bonds. The summed E-state index contributed by atoms with van der Waals surface area (Å²) in [5.41, 5.74) is 1.12. The Morgan fingerprint density at radius 3 is 2.73 bits per heavy atom. The van der Waals surface area contributed by atoms with Crippen molar-refractivity contribution in [3.05, 3.63) is 22.8 Å². The quantitative estimate of drug-likeness (QED) is 0.837.